The second-order valence-corrected chi connectivity index (χ2v) is 5.23. The monoisotopic (exact) mass is 244 g/mol. The van der Waals surface area contributed by atoms with Gasteiger partial charge in [0.1, 0.15) is 0 Å². The van der Waals surface area contributed by atoms with E-state index in [0.717, 1.165) is 17.8 Å². The molecule has 0 radical (unpaired) electrons. The zero-order valence-corrected chi connectivity index (χ0v) is 13.5. The van der Waals surface area contributed by atoms with Crippen LogP contribution in [0.15, 0.2) is 0 Å². The van der Waals surface area contributed by atoms with Gasteiger partial charge in [0.2, 0.25) is 0 Å². The van der Waals surface area contributed by atoms with Crippen LogP contribution in [0.4, 0.5) is 0 Å². The minimum atomic E-state index is -0.116. The lowest BCUT2D eigenvalue weighted by Crippen LogP contribution is -2.34. The van der Waals surface area contributed by atoms with Crippen LogP contribution in [0.25, 0.3) is 0 Å². The lowest BCUT2D eigenvalue weighted by Gasteiger charge is -2.39. The summed E-state index contributed by atoms with van der Waals surface area (Å²) >= 11 is 0. The molecule has 1 aliphatic rings. The Labute approximate surface area is 110 Å². The SMILES string of the molecule is CC.CC.CC1CCC(C(C)C)C(C(C)O)C1. The molecule has 1 heteroatoms. The molecule has 0 aromatic carbocycles. The van der Waals surface area contributed by atoms with Crippen molar-refractivity contribution in [3.63, 3.8) is 0 Å². The molecule has 1 saturated carbocycles. The Morgan fingerprint density at radius 2 is 1.35 bits per heavy atom. The van der Waals surface area contributed by atoms with E-state index in [1.807, 2.05) is 34.6 Å². The summed E-state index contributed by atoms with van der Waals surface area (Å²) in [4.78, 5) is 0. The summed E-state index contributed by atoms with van der Waals surface area (Å²) in [6.45, 7) is 16.8. The van der Waals surface area contributed by atoms with Gasteiger partial charge in [0.25, 0.3) is 0 Å². The molecule has 1 nitrogen and oxygen atoms in total. The van der Waals surface area contributed by atoms with Crippen molar-refractivity contribution in [2.75, 3.05) is 0 Å². The Kier molecular flexibility index (Phi) is 12.6. The summed E-state index contributed by atoms with van der Waals surface area (Å²) < 4.78 is 0. The van der Waals surface area contributed by atoms with Gasteiger partial charge in [-0.05, 0) is 43.4 Å². The third-order valence-electron chi connectivity index (χ3n) is 3.69. The van der Waals surface area contributed by atoms with Crippen LogP contribution < -0.4 is 0 Å². The molecule has 0 spiro atoms. The maximum Gasteiger partial charge on any atom is 0.0543 e. The highest BCUT2D eigenvalue weighted by molar-refractivity contribution is 4.83. The zero-order chi connectivity index (χ0) is 14.0. The first kappa shape index (κ1) is 19.3. The van der Waals surface area contributed by atoms with E-state index in [2.05, 4.69) is 20.8 Å². The Balaban J connectivity index is 0. The first-order valence-corrected chi connectivity index (χ1v) is 7.70. The van der Waals surface area contributed by atoms with E-state index in [1.165, 1.54) is 19.3 Å². The molecule has 1 N–H and O–H groups in total. The largest absolute Gasteiger partial charge is 0.393 e. The highest BCUT2D eigenvalue weighted by atomic mass is 16.3. The Hall–Kier alpha value is -0.0400. The molecule has 0 heterocycles. The summed E-state index contributed by atoms with van der Waals surface area (Å²) in [6, 6.07) is 0. The number of hydrogen-bond acceptors (Lipinski definition) is 1. The average Bonchev–Trinajstić information content (AvgIpc) is 2.33. The quantitative estimate of drug-likeness (QED) is 0.714. The zero-order valence-electron chi connectivity index (χ0n) is 13.5. The molecule has 0 aromatic rings. The van der Waals surface area contributed by atoms with Crippen molar-refractivity contribution in [3.8, 4) is 0 Å². The molecule has 4 unspecified atom stereocenters. The maximum atomic E-state index is 9.71. The van der Waals surface area contributed by atoms with Gasteiger partial charge in [-0.25, -0.2) is 0 Å². The summed E-state index contributed by atoms with van der Waals surface area (Å²) in [6.07, 6.45) is 3.77. The molecule has 0 saturated heterocycles. The van der Waals surface area contributed by atoms with Crippen LogP contribution in [0.1, 0.15) is 74.7 Å². The summed E-state index contributed by atoms with van der Waals surface area (Å²) in [5.41, 5.74) is 0. The minimum absolute atomic E-state index is 0.116. The average molecular weight is 244 g/mol. The molecule has 1 fully saturated rings. The van der Waals surface area contributed by atoms with Crippen molar-refractivity contribution < 1.29 is 5.11 Å². The van der Waals surface area contributed by atoms with Crippen molar-refractivity contribution in [1.29, 1.82) is 0 Å². The molecule has 0 bridgehead atoms. The molecule has 0 amide bonds. The fraction of sp³-hybridized carbons (Fsp3) is 1.00. The molecule has 0 aliphatic heterocycles. The number of rotatable bonds is 2. The molecular weight excluding hydrogens is 208 g/mol. The molecular formula is C16H36O. The van der Waals surface area contributed by atoms with Crippen molar-refractivity contribution in [2.24, 2.45) is 23.7 Å². The van der Waals surface area contributed by atoms with Crippen LogP contribution in [-0.2, 0) is 0 Å². The van der Waals surface area contributed by atoms with Crippen LogP contribution in [0.3, 0.4) is 0 Å². The van der Waals surface area contributed by atoms with Gasteiger partial charge >= 0.3 is 0 Å². The highest BCUT2D eigenvalue weighted by Crippen LogP contribution is 2.39. The van der Waals surface area contributed by atoms with Gasteiger partial charge in [0, 0.05) is 0 Å². The summed E-state index contributed by atoms with van der Waals surface area (Å²) in [5.74, 6) is 2.83. The van der Waals surface area contributed by atoms with Gasteiger partial charge in [-0.2, -0.15) is 0 Å². The third-order valence-corrected chi connectivity index (χ3v) is 3.69. The first-order chi connectivity index (χ1) is 8.02. The molecule has 106 valence electrons. The Bertz CT molecular complexity index is 152. The van der Waals surface area contributed by atoms with Crippen LogP contribution in [0.5, 0.6) is 0 Å². The third kappa shape index (κ3) is 7.08. The van der Waals surface area contributed by atoms with Crippen molar-refractivity contribution in [1.82, 2.24) is 0 Å². The number of aliphatic hydroxyl groups excluding tert-OH is 1. The molecule has 4 atom stereocenters. The molecule has 1 aliphatic carbocycles. The van der Waals surface area contributed by atoms with Gasteiger partial charge in [-0.15, -0.1) is 0 Å². The predicted molar refractivity (Wildman–Crippen MR) is 79.2 cm³/mol. The fourth-order valence-electron chi connectivity index (χ4n) is 2.83. The van der Waals surface area contributed by atoms with E-state index in [9.17, 15) is 5.11 Å². The molecule has 1 rings (SSSR count). The normalized spacial score (nSPS) is 29.6. The van der Waals surface area contributed by atoms with Crippen molar-refractivity contribution in [3.05, 3.63) is 0 Å². The topological polar surface area (TPSA) is 20.2 Å². The predicted octanol–water partition coefficient (Wildman–Crippen LogP) is 5.13. The van der Waals surface area contributed by atoms with Gasteiger partial charge in [-0.3, -0.25) is 0 Å². The van der Waals surface area contributed by atoms with E-state index >= 15 is 0 Å². The van der Waals surface area contributed by atoms with Crippen LogP contribution >= 0.6 is 0 Å². The van der Waals surface area contributed by atoms with E-state index in [1.54, 1.807) is 0 Å². The maximum absolute atomic E-state index is 9.71. The fourth-order valence-corrected chi connectivity index (χ4v) is 2.83. The number of aliphatic hydroxyl groups is 1. The van der Waals surface area contributed by atoms with Crippen LogP contribution in [-0.4, -0.2) is 11.2 Å². The van der Waals surface area contributed by atoms with Crippen molar-refractivity contribution in [2.45, 2.75) is 80.8 Å². The van der Waals surface area contributed by atoms with E-state index in [0.29, 0.717) is 5.92 Å². The van der Waals surface area contributed by atoms with Gasteiger partial charge < -0.3 is 5.11 Å². The summed E-state index contributed by atoms with van der Waals surface area (Å²) in [5, 5.41) is 9.71. The van der Waals surface area contributed by atoms with E-state index in [4.69, 9.17) is 0 Å². The molecule has 17 heavy (non-hydrogen) atoms. The smallest absolute Gasteiger partial charge is 0.0543 e. The van der Waals surface area contributed by atoms with E-state index in [-0.39, 0.29) is 6.10 Å². The van der Waals surface area contributed by atoms with Crippen LogP contribution in [0, 0.1) is 23.7 Å². The summed E-state index contributed by atoms with van der Waals surface area (Å²) in [7, 11) is 0. The molecule has 0 aromatic heterocycles. The lowest BCUT2D eigenvalue weighted by molar-refractivity contribution is 0.0268. The number of hydrogen-bond donors (Lipinski definition) is 1. The minimum Gasteiger partial charge on any atom is -0.393 e. The Morgan fingerprint density at radius 3 is 1.71 bits per heavy atom. The Morgan fingerprint density at radius 1 is 0.882 bits per heavy atom. The van der Waals surface area contributed by atoms with Gasteiger partial charge in [0.05, 0.1) is 6.10 Å². The standard InChI is InChI=1S/C12H24O.2C2H6/c1-8(2)11-6-5-9(3)7-12(11)10(4)13;2*1-2/h8-13H,5-7H2,1-4H3;2*1-2H3. The van der Waals surface area contributed by atoms with Crippen molar-refractivity contribution >= 4 is 0 Å². The van der Waals surface area contributed by atoms with Gasteiger partial charge in [0.15, 0.2) is 0 Å². The first-order valence-electron chi connectivity index (χ1n) is 7.70. The second kappa shape index (κ2) is 11.1. The lowest BCUT2D eigenvalue weighted by atomic mass is 9.68. The van der Waals surface area contributed by atoms with Crippen LogP contribution in [0.2, 0.25) is 0 Å². The highest BCUT2D eigenvalue weighted by Gasteiger charge is 2.33. The van der Waals surface area contributed by atoms with Gasteiger partial charge in [-0.1, -0.05) is 54.9 Å². The second-order valence-electron chi connectivity index (χ2n) is 5.23. The van der Waals surface area contributed by atoms with E-state index < -0.39 is 0 Å².